The number of anilines is 1. The van der Waals surface area contributed by atoms with E-state index in [1.165, 1.54) is 0 Å². The van der Waals surface area contributed by atoms with Crippen LogP contribution in [0.5, 0.6) is 5.75 Å². The van der Waals surface area contributed by atoms with Crippen molar-refractivity contribution in [2.45, 2.75) is 12.3 Å². The van der Waals surface area contributed by atoms with Crippen molar-refractivity contribution in [3.8, 4) is 5.75 Å². The summed E-state index contributed by atoms with van der Waals surface area (Å²) in [6, 6.07) is 19.2. The Bertz CT molecular complexity index is 1110. The van der Waals surface area contributed by atoms with Crippen LogP contribution in [-0.2, 0) is 10.9 Å². The molecule has 3 aromatic rings. The van der Waals surface area contributed by atoms with Crippen LogP contribution in [0, 0.1) is 0 Å². The van der Waals surface area contributed by atoms with E-state index in [4.69, 9.17) is 9.47 Å². The molecule has 0 radical (unpaired) electrons. The summed E-state index contributed by atoms with van der Waals surface area (Å²) in [7, 11) is 0. The minimum absolute atomic E-state index is 0.0634. The summed E-state index contributed by atoms with van der Waals surface area (Å²) < 4.78 is 50.6. The van der Waals surface area contributed by atoms with Gasteiger partial charge in [-0.25, -0.2) is 4.90 Å². The predicted molar refractivity (Wildman–Crippen MR) is 111 cm³/mol. The van der Waals surface area contributed by atoms with Gasteiger partial charge in [0.05, 0.1) is 17.9 Å². The van der Waals surface area contributed by atoms with Crippen molar-refractivity contribution in [3.63, 3.8) is 0 Å². The average molecular weight is 441 g/mol. The molecule has 4 rings (SSSR count). The van der Waals surface area contributed by atoms with Crippen molar-refractivity contribution in [1.29, 1.82) is 0 Å². The first-order chi connectivity index (χ1) is 15.3. The fraction of sp³-hybridized carbons (Fsp3) is 0.167. The van der Waals surface area contributed by atoms with Crippen molar-refractivity contribution in [2.24, 2.45) is 0 Å². The van der Waals surface area contributed by atoms with E-state index in [9.17, 15) is 22.8 Å². The molecule has 3 aromatic carbocycles. The maximum Gasteiger partial charge on any atom is 0.419 e. The van der Waals surface area contributed by atoms with Gasteiger partial charge in [0, 0.05) is 11.1 Å². The number of carbonyl (C=O) groups is 2. The number of carbonyl (C=O) groups excluding carboxylic acids is 2. The van der Waals surface area contributed by atoms with Gasteiger partial charge < -0.3 is 9.47 Å². The molecule has 1 heterocycles. The van der Waals surface area contributed by atoms with Gasteiger partial charge in [-0.15, -0.1) is 0 Å². The molecule has 1 atom stereocenters. The van der Waals surface area contributed by atoms with Gasteiger partial charge in [0.1, 0.15) is 18.5 Å². The van der Waals surface area contributed by atoms with Gasteiger partial charge in [0.2, 0.25) is 0 Å². The van der Waals surface area contributed by atoms with E-state index in [1.807, 2.05) is 0 Å². The van der Waals surface area contributed by atoms with Crippen LogP contribution in [0.3, 0.4) is 0 Å². The van der Waals surface area contributed by atoms with E-state index in [-0.39, 0.29) is 23.8 Å². The number of imide groups is 1. The van der Waals surface area contributed by atoms with E-state index >= 15 is 0 Å². The highest BCUT2D eigenvalue weighted by molar-refractivity contribution is 6.25. The number of para-hydroxylation sites is 1. The van der Waals surface area contributed by atoms with Crippen LogP contribution in [0.25, 0.3) is 0 Å². The topological polar surface area (TPSA) is 59.1 Å². The Morgan fingerprint density at radius 1 is 0.906 bits per heavy atom. The Morgan fingerprint density at radius 2 is 1.50 bits per heavy atom. The van der Waals surface area contributed by atoms with Crippen LogP contribution in [0.2, 0.25) is 0 Å². The molecule has 1 unspecified atom stereocenters. The summed E-state index contributed by atoms with van der Waals surface area (Å²) >= 11 is 0. The molecular weight excluding hydrogens is 423 g/mol. The molecule has 1 aliphatic rings. The van der Waals surface area contributed by atoms with Crippen LogP contribution in [-0.4, -0.2) is 31.1 Å². The first-order valence-corrected chi connectivity index (χ1v) is 9.79. The van der Waals surface area contributed by atoms with Gasteiger partial charge in [-0.2, -0.15) is 13.2 Å². The fourth-order valence-corrected chi connectivity index (χ4v) is 3.10. The summed E-state index contributed by atoms with van der Waals surface area (Å²) in [4.78, 5) is 27.5. The van der Waals surface area contributed by atoms with Gasteiger partial charge in [0.15, 0.2) is 0 Å². The predicted octanol–water partition coefficient (Wildman–Crippen LogP) is 4.97. The molecule has 0 saturated carbocycles. The normalized spacial score (nSPS) is 15.2. The standard InChI is InChI=1S/C24H18F3NO4/c25-24(26,27)20-12-11-17(13-21(20)32-15-19-14-31-19)23(30)28(18-9-5-2-6-10-18)22(29)16-7-3-1-4-8-16/h1-13,19H,14-15H2. The summed E-state index contributed by atoms with van der Waals surface area (Å²) in [5, 5.41) is 0. The number of alkyl halides is 3. The van der Waals surface area contributed by atoms with E-state index < -0.39 is 29.3 Å². The van der Waals surface area contributed by atoms with Crippen LogP contribution >= 0.6 is 0 Å². The molecule has 1 saturated heterocycles. The third kappa shape index (κ3) is 4.81. The highest BCUT2D eigenvalue weighted by atomic mass is 19.4. The molecular formula is C24H18F3NO4. The third-order valence-electron chi connectivity index (χ3n) is 4.80. The number of ether oxygens (including phenoxy) is 2. The Labute approximate surface area is 182 Å². The van der Waals surface area contributed by atoms with E-state index in [0.29, 0.717) is 12.3 Å². The van der Waals surface area contributed by atoms with Crippen LogP contribution < -0.4 is 9.64 Å². The molecule has 32 heavy (non-hydrogen) atoms. The molecule has 8 heteroatoms. The Kier molecular flexibility index (Phi) is 5.96. The first kappa shape index (κ1) is 21.6. The molecule has 0 aromatic heterocycles. The summed E-state index contributed by atoms with van der Waals surface area (Å²) in [6.07, 6.45) is -4.93. The fourth-order valence-electron chi connectivity index (χ4n) is 3.10. The second kappa shape index (κ2) is 8.84. The molecule has 0 N–H and O–H groups in total. The highest BCUT2D eigenvalue weighted by Gasteiger charge is 2.36. The van der Waals surface area contributed by atoms with Crippen LogP contribution in [0.1, 0.15) is 26.3 Å². The second-order valence-electron chi connectivity index (χ2n) is 7.12. The molecule has 1 fully saturated rings. The lowest BCUT2D eigenvalue weighted by Gasteiger charge is -2.22. The smallest absolute Gasteiger partial charge is 0.419 e. The lowest BCUT2D eigenvalue weighted by atomic mass is 10.1. The molecule has 0 bridgehead atoms. The van der Waals surface area contributed by atoms with Crippen molar-refractivity contribution in [3.05, 3.63) is 95.6 Å². The molecule has 1 aliphatic heterocycles. The Hall–Kier alpha value is -3.65. The van der Waals surface area contributed by atoms with E-state index in [2.05, 4.69) is 0 Å². The second-order valence-corrected chi connectivity index (χ2v) is 7.12. The van der Waals surface area contributed by atoms with Crippen molar-refractivity contribution in [1.82, 2.24) is 0 Å². The number of hydrogen-bond donors (Lipinski definition) is 0. The molecule has 0 spiro atoms. The number of halogens is 3. The van der Waals surface area contributed by atoms with Crippen LogP contribution in [0.15, 0.2) is 78.9 Å². The molecule has 164 valence electrons. The molecule has 0 aliphatic carbocycles. The summed E-state index contributed by atoms with van der Waals surface area (Å²) in [5.41, 5.74) is -0.563. The average Bonchev–Trinajstić information content (AvgIpc) is 3.63. The van der Waals surface area contributed by atoms with Gasteiger partial charge in [-0.1, -0.05) is 36.4 Å². The maximum atomic E-state index is 13.4. The van der Waals surface area contributed by atoms with Crippen molar-refractivity contribution >= 4 is 17.5 Å². The van der Waals surface area contributed by atoms with Crippen molar-refractivity contribution < 1.29 is 32.2 Å². The van der Waals surface area contributed by atoms with E-state index in [0.717, 1.165) is 23.1 Å². The number of nitrogens with zero attached hydrogens (tertiary/aromatic N) is 1. The molecule has 5 nitrogen and oxygen atoms in total. The lowest BCUT2D eigenvalue weighted by molar-refractivity contribution is -0.139. The monoisotopic (exact) mass is 441 g/mol. The highest BCUT2D eigenvalue weighted by Crippen LogP contribution is 2.37. The minimum atomic E-state index is -4.67. The van der Waals surface area contributed by atoms with E-state index in [1.54, 1.807) is 60.7 Å². The quantitative estimate of drug-likeness (QED) is 0.400. The SMILES string of the molecule is O=C(c1ccccc1)N(C(=O)c1ccc(C(F)(F)F)c(OCC2CO2)c1)c1ccccc1. The third-order valence-corrected chi connectivity index (χ3v) is 4.80. The lowest BCUT2D eigenvalue weighted by Crippen LogP contribution is -2.37. The number of epoxide rings is 1. The van der Waals surface area contributed by atoms with Gasteiger partial charge in [-0.3, -0.25) is 9.59 Å². The minimum Gasteiger partial charge on any atom is -0.490 e. The number of amides is 2. The van der Waals surface area contributed by atoms with Gasteiger partial charge in [-0.05, 0) is 42.5 Å². The van der Waals surface area contributed by atoms with Crippen LogP contribution in [0.4, 0.5) is 18.9 Å². The zero-order valence-corrected chi connectivity index (χ0v) is 16.7. The number of benzene rings is 3. The number of hydrogen-bond acceptors (Lipinski definition) is 4. The van der Waals surface area contributed by atoms with Gasteiger partial charge >= 0.3 is 6.18 Å². The zero-order chi connectivity index (χ0) is 22.7. The number of rotatable bonds is 6. The maximum absolute atomic E-state index is 13.4. The molecule has 2 amide bonds. The summed E-state index contributed by atoms with van der Waals surface area (Å²) in [6.45, 7) is 0.347. The van der Waals surface area contributed by atoms with Crippen molar-refractivity contribution in [2.75, 3.05) is 18.1 Å². The first-order valence-electron chi connectivity index (χ1n) is 9.79. The zero-order valence-electron chi connectivity index (χ0n) is 16.7. The Balaban J connectivity index is 1.73. The largest absolute Gasteiger partial charge is 0.490 e. The Morgan fingerprint density at radius 3 is 2.09 bits per heavy atom. The van der Waals surface area contributed by atoms with Gasteiger partial charge in [0.25, 0.3) is 11.8 Å². The summed E-state index contributed by atoms with van der Waals surface area (Å²) in [5.74, 6) is -1.86.